The van der Waals surface area contributed by atoms with Crippen LogP contribution in [0.2, 0.25) is 0 Å². The van der Waals surface area contributed by atoms with Gasteiger partial charge in [-0.05, 0) is 0 Å². The molecule has 2 saturated heterocycles. The van der Waals surface area contributed by atoms with Crippen molar-refractivity contribution in [3.05, 3.63) is 0 Å². The van der Waals surface area contributed by atoms with E-state index in [4.69, 9.17) is 14.6 Å². The summed E-state index contributed by atoms with van der Waals surface area (Å²) in [5, 5.41) is 11.7. The highest BCUT2D eigenvalue weighted by Crippen LogP contribution is 2.25. The van der Waals surface area contributed by atoms with Crippen molar-refractivity contribution in [1.82, 2.24) is 5.32 Å². The lowest BCUT2D eigenvalue weighted by Gasteiger charge is -2.17. The number of hydrogen-bond donors (Lipinski definition) is 2. The smallest absolute Gasteiger partial charge is 0.200 e. The van der Waals surface area contributed by atoms with Crippen LogP contribution in [0.1, 0.15) is 0 Å². The van der Waals surface area contributed by atoms with Crippen molar-refractivity contribution in [2.75, 3.05) is 13.2 Å². The standard InChI is InChI=1S/C5H9NO3/c7-2-3-1-6-4-5(8-3)9-4/h3-7H,1-2H2/t3-,4?,5?/m1/s1. The van der Waals surface area contributed by atoms with Gasteiger partial charge in [-0.15, -0.1) is 0 Å². The molecule has 0 amide bonds. The van der Waals surface area contributed by atoms with Gasteiger partial charge < -0.3 is 14.6 Å². The van der Waals surface area contributed by atoms with Gasteiger partial charge in [0, 0.05) is 6.54 Å². The summed E-state index contributed by atoms with van der Waals surface area (Å²) in [4.78, 5) is 0. The maximum atomic E-state index is 8.61. The number of nitrogens with one attached hydrogen (secondary N) is 1. The van der Waals surface area contributed by atoms with Crippen LogP contribution < -0.4 is 5.32 Å². The third-order valence-corrected chi connectivity index (χ3v) is 1.53. The molecule has 0 bridgehead atoms. The normalized spacial score (nSPS) is 48.3. The molecule has 2 aliphatic rings. The number of aliphatic hydroxyl groups is 1. The lowest BCUT2D eigenvalue weighted by Crippen LogP contribution is -2.40. The first-order chi connectivity index (χ1) is 4.40. The molecular formula is C5H9NO3. The molecule has 52 valence electrons. The van der Waals surface area contributed by atoms with Crippen molar-refractivity contribution < 1.29 is 14.6 Å². The first kappa shape index (κ1) is 5.61. The topological polar surface area (TPSA) is 54.0 Å². The molecule has 4 heteroatoms. The molecule has 3 atom stereocenters. The van der Waals surface area contributed by atoms with Gasteiger partial charge in [-0.2, -0.15) is 0 Å². The van der Waals surface area contributed by atoms with Crippen LogP contribution in [-0.4, -0.2) is 36.9 Å². The number of aliphatic hydroxyl groups excluding tert-OH is 1. The van der Waals surface area contributed by atoms with E-state index in [1.807, 2.05) is 0 Å². The van der Waals surface area contributed by atoms with Gasteiger partial charge in [0.15, 0.2) is 12.5 Å². The lowest BCUT2D eigenvalue weighted by atomic mass is 10.3. The second-order valence-electron chi connectivity index (χ2n) is 2.27. The molecule has 0 aromatic carbocycles. The van der Waals surface area contributed by atoms with E-state index in [9.17, 15) is 0 Å². The number of morpholine rings is 1. The van der Waals surface area contributed by atoms with Crippen LogP contribution in [0.15, 0.2) is 0 Å². The SMILES string of the molecule is OC[C@H]1CNC2OC2O1. The zero-order valence-electron chi connectivity index (χ0n) is 4.91. The van der Waals surface area contributed by atoms with E-state index in [2.05, 4.69) is 5.32 Å². The molecule has 0 aromatic heterocycles. The van der Waals surface area contributed by atoms with Gasteiger partial charge in [-0.25, -0.2) is 0 Å². The number of ether oxygens (including phenoxy) is 2. The minimum absolute atomic E-state index is 0.0690. The highest BCUT2D eigenvalue weighted by atomic mass is 16.8. The summed E-state index contributed by atoms with van der Waals surface area (Å²) < 4.78 is 10.1. The molecule has 2 rings (SSSR count). The van der Waals surface area contributed by atoms with Crippen LogP contribution in [0.25, 0.3) is 0 Å². The summed E-state index contributed by atoms with van der Waals surface area (Å²) in [5.74, 6) is 0. The lowest BCUT2D eigenvalue weighted by molar-refractivity contribution is -0.0417. The monoisotopic (exact) mass is 131 g/mol. The van der Waals surface area contributed by atoms with E-state index in [1.54, 1.807) is 0 Å². The molecule has 2 heterocycles. The fraction of sp³-hybridized carbons (Fsp3) is 1.00. The molecule has 2 N–H and O–H groups in total. The molecule has 2 unspecified atom stereocenters. The summed E-state index contributed by atoms with van der Waals surface area (Å²) in [6, 6.07) is 0. The fourth-order valence-electron chi connectivity index (χ4n) is 0.940. The van der Waals surface area contributed by atoms with E-state index in [0.717, 1.165) is 0 Å². The van der Waals surface area contributed by atoms with Crippen LogP contribution in [0.3, 0.4) is 0 Å². The van der Waals surface area contributed by atoms with Crippen LogP contribution in [0, 0.1) is 0 Å². The van der Waals surface area contributed by atoms with Crippen LogP contribution in [0.5, 0.6) is 0 Å². The third kappa shape index (κ3) is 0.943. The van der Waals surface area contributed by atoms with Crippen molar-refractivity contribution in [2.24, 2.45) is 0 Å². The Kier molecular flexibility index (Phi) is 1.19. The molecule has 9 heavy (non-hydrogen) atoms. The molecule has 2 aliphatic heterocycles. The molecule has 0 aromatic rings. The Morgan fingerprint density at radius 2 is 2.44 bits per heavy atom. The minimum atomic E-state index is -0.0871. The van der Waals surface area contributed by atoms with Crippen LogP contribution in [-0.2, 0) is 9.47 Å². The highest BCUT2D eigenvalue weighted by Gasteiger charge is 2.45. The Morgan fingerprint density at radius 1 is 1.56 bits per heavy atom. The molecule has 0 radical (unpaired) electrons. The zero-order chi connectivity index (χ0) is 6.27. The van der Waals surface area contributed by atoms with Gasteiger partial charge in [0.2, 0.25) is 0 Å². The second-order valence-corrected chi connectivity index (χ2v) is 2.27. The molecule has 0 saturated carbocycles. The Morgan fingerprint density at radius 3 is 3.11 bits per heavy atom. The van der Waals surface area contributed by atoms with Crippen LogP contribution >= 0.6 is 0 Å². The van der Waals surface area contributed by atoms with Gasteiger partial charge in [-0.1, -0.05) is 0 Å². The number of epoxide rings is 1. The number of fused-ring (bicyclic) bond motifs is 1. The minimum Gasteiger partial charge on any atom is -0.394 e. The summed E-state index contributed by atoms with van der Waals surface area (Å²) in [5.41, 5.74) is 0. The van der Waals surface area contributed by atoms with Gasteiger partial charge in [-0.3, -0.25) is 5.32 Å². The molecule has 2 fully saturated rings. The maximum Gasteiger partial charge on any atom is 0.200 e. The number of rotatable bonds is 1. The van der Waals surface area contributed by atoms with Crippen LogP contribution in [0.4, 0.5) is 0 Å². The van der Waals surface area contributed by atoms with Crippen molar-refractivity contribution >= 4 is 0 Å². The number of hydrogen-bond acceptors (Lipinski definition) is 4. The highest BCUT2D eigenvalue weighted by molar-refractivity contribution is 4.82. The maximum absolute atomic E-state index is 8.61. The summed E-state index contributed by atoms with van der Waals surface area (Å²) in [6.45, 7) is 0.761. The van der Waals surface area contributed by atoms with Gasteiger partial charge in [0.25, 0.3) is 0 Å². The average molecular weight is 131 g/mol. The van der Waals surface area contributed by atoms with E-state index >= 15 is 0 Å². The van der Waals surface area contributed by atoms with Crippen molar-refractivity contribution in [3.8, 4) is 0 Å². The second kappa shape index (κ2) is 1.91. The predicted octanol–water partition coefficient (Wildman–Crippen LogP) is -1.35. The fourth-order valence-corrected chi connectivity index (χ4v) is 0.940. The van der Waals surface area contributed by atoms with E-state index in [-0.39, 0.29) is 25.2 Å². The van der Waals surface area contributed by atoms with Gasteiger partial charge in [0.1, 0.15) is 0 Å². The van der Waals surface area contributed by atoms with Crippen molar-refractivity contribution in [3.63, 3.8) is 0 Å². The molecule has 0 spiro atoms. The quantitative estimate of drug-likeness (QED) is 0.432. The van der Waals surface area contributed by atoms with Crippen molar-refractivity contribution in [1.29, 1.82) is 0 Å². The Balaban J connectivity index is 1.86. The third-order valence-electron chi connectivity index (χ3n) is 1.53. The Labute approximate surface area is 52.8 Å². The Hall–Kier alpha value is -0.160. The van der Waals surface area contributed by atoms with E-state index in [1.165, 1.54) is 0 Å². The van der Waals surface area contributed by atoms with E-state index < -0.39 is 0 Å². The first-order valence-corrected chi connectivity index (χ1v) is 3.05. The summed E-state index contributed by atoms with van der Waals surface area (Å²) >= 11 is 0. The molecule has 4 nitrogen and oxygen atoms in total. The van der Waals surface area contributed by atoms with Gasteiger partial charge in [0.05, 0.1) is 12.7 Å². The largest absolute Gasteiger partial charge is 0.394 e. The average Bonchev–Trinajstić information content (AvgIpc) is 2.64. The summed E-state index contributed by atoms with van der Waals surface area (Å²) in [6.07, 6.45) is -0.0579. The van der Waals surface area contributed by atoms with E-state index in [0.29, 0.717) is 6.54 Å². The Bertz CT molecular complexity index is 119. The van der Waals surface area contributed by atoms with Crippen molar-refractivity contribution in [2.45, 2.75) is 18.6 Å². The predicted molar refractivity (Wildman–Crippen MR) is 28.6 cm³/mol. The zero-order valence-corrected chi connectivity index (χ0v) is 4.91. The summed E-state index contributed by atoms with van der Waals surface area (Å²) in [7, 11) is 0. The molecular weight excluding hydrogens is 122 g/mol. The van der Waals surface area contributed by atoms with Gasteiger partial charge >= 0.3 is 0 Å². The first-order valence-electron chi connectivity index (χ1n) is 3.05. The molecule has 0 aliphatic carbocycles.